The van der Waals surface area contributed by atoms with E-state index >= 15 is 0 Å². The van der Waals surface area contributed by atoms with Crippen molar-refractivity contribution in [2.75, 3.05) is 0 Å². The number of nitrogens with zero attached hydrogens (tertiary/aromatic N) is 1. The fraction of sp³-hybridized carbons (Fsp3) is 0.111. The fourth-order valence-electron chi connectivity index (χ4n) is 1.29. The maximum Gasteiger partial charge on any atom is 0.354 e. The number of aromatic amines is 1. The quantitative estimate of drug-likeness (QED) is 0.652. The van der Waals surface area contributed by atoms with Crippen LogP contribution in [0.3, 0.4) is 0 Å². The Bertz CT molecular complexity index is 490. The van der Waals surface area contributed by atoms with E-state index in [0.29, 0.717) is 12.2 Å². The number of carboxylic acid groups (broad SMARTS) is 1. The Labute approximate surface area is 79.6 Å². The number of nitrogens with two attached hydrogens (primary N) is 1. The van der Waals surface area contributed by atoms with E-state index in [1.54, 1.807) is 6.07 Å². The molecule has 5 nitrogen and oxygen atoms in total. The predicted octanol–water partition coefficient (Wildman–Crippen LogP) is 0.720. The number of H-pyrrole nitrogens is 1. The van der Waals surface area contributed by atoms with Gasteiger partial charge in [0.1, 0.15) is 5.65 Å². The monoisotopic (exact) mass is 191 g/mol. The van der Waals surface area contributed by atoms with Crippen molar-refractivity contribution in [3.05, 3.63) is 29.6 Å². The van der Waals surface area contributed by atoms with E-state index in [1.807, 2.05) is 6.07 Å². The van der Waals surface area contributed by atoms with Gasteiger partial charge in [0.15, 0.2) is 5.69 Å². The molecule has 2 rings (SSSR count). The van der Waals surface area contributed by atoms with Crippen molar-refractivity contribution in [1.29, 1.82) is 0 Å². The SMILES string of the molecule is NCc1cc2ccc(C(=O)O)nc2[nH]1. The van der Waals surface area contributed by atoms with Crippen LogP contribution in [0.4, 0.5) is 0 Å². The summed E-state index contributed by atoms with van der Waals surface area (Å²) in [6.07, 6.45) is 0. The van der Waals surface area contributed by atoms with Crippen molar-refractivity contribution < 1.29 is 9.90 Å². The molecule has 2 aromatic rings. The third kappa shape index (κ3) is 1.33. The first kappa shape index (κ1) is 8.71. The lowest BCUT2D eigenvalue weighted by Crippen LogP contribution is -1.99. The summed E-state index contributed by atoms with van der Waals surface area (Å²) in [6, 6.07) is 5.04. The molecule has 0 aromatic carbocycles. The smallest absolute Gasteiger partial charge is 0.354 e. The minimum atomic E-state index is -1.03. The number of hydrogen-bond donors (Lipinski definition) is 3. The van der Waals surface area contributed by atoms with Crippen molar-refractivity contribution in [2.45, 2.75) is 6.54 Å². The summed E-state index contributed by atoms with van der Waals surface area (Å²) in [5.74, 6) is -1.03. The highest BCUT2D eigenvalue weighted by Crippen LogP contribution is 2.13. The van der Waals surface area contributed by atoms with E-state index < -0.39 is 5.97 Å². The summed E-state index contributed by atoms with van der Waals surface area (Å²) in [5, 5.41) is 9.58. The van der Waals surface area contributed by atoms with Crippen LogP contribution in [0.2, 0.25) is 0 Å². The van der Waals surface area contributed by atoms with Gasteiger partial charge >= 0.3 is 5.97 Å². The number of fused-ring (bicyclic) bond motifs is 1. The predicted molar refractivity (Wildman–Crippen MR) is 50.9 cm³/mol. The van der Waals surface area contributed by atoms with Crippen LogP contribution < -0.4 is 5.73 Å². The Hall–Kier alpha value is -1.88. The lowest BCUT2D eigenvalue weighted by atomic mass is 10.3. The van der Waals surface area contributed by atoms with E-state index in [2.05, 4.69) is 9.97 Å². The van der Waals surface area contributed by atoms with Gasteiger partial charge in [0.05, 0.1) is 0 Å². The van der Waals surface area contributed by atoms with Gasteiger partial charge in [-0.3, -0.25) is 0 Å². The largest absolute Gasteiger partial charge is 0.477 e. The third-order valence-corrected chi connectivity index (χ3v) is 1.97. The standard InChI is InChI=1S/C9H9N3O2/c10-4-6-3-5-1-2-7(9(13)14)12-8(5)11-6/h1-3H,4,10H2,(H,11,12)(H,13,14). The number of nitrogens with one attached hydrogen (secondary N) is 1. The Balaban J connectivity index is 2.59. The van der Waals surface area contributed by atoms with E-state index in [0.717, 1.165) is 11.1 Å². The molecule has 0 atom stereocenters. The molecule has 5 heteroatoms. The molecule has 0 fully saturated rings. The molecule has 0 radical (unpaired) electrons. The summed E-state index contributed by atoms with van der Waals surface area (Å²) in [5.41, 5.74) is 6.87. The van der Waals surface area contributed by atoms with Gasteiger partial charge in [0.25, 0.3) is 0 Å². The Morgan fingerprint density at radius 1 is 1.57 bits per heavy atom. The van der Waals surface area contributed by atoms with Crippen LogP contribution in [0.5, 0.6) is 0 Å². The van der Waals surface area contributed by atoms with Gasteiger partial charge in [-0.15, -0.1) is 0 Å². The second-order valence-electron chi connectivity index (χ2n) is 2.94. The normalized spacial score (nSPS) is 10.6. The lowest BCUT2D eigenvalue weighted by Gasteiger charge is -1.92. The zero-order chi connectivity index (χ0) is 10.1. The van der Waals surface area contributed by atoms with E-state index in [4.69, 9.17) is 10.8 Å². The number of pyridine rings is 1. The molecule has 0 saturated heterocycles. The van der Waals surface area contributed by atoms with E-state index in [1.165, 1.54) is 6.07 Å². The maximum absolute atomic E-state index is 10.6. The second kappa shape index (κ2) is 3.12. The van der Waals surface area contributed by atoms with Crippen LogP contribution in [0.15, 0.2) is 18.2 Å². The van der Waals surface area contributed by atoms with Crippen LogP contribution >= 0.6 is 0 Å². The minimum Gasteiger partial charge on any atom is -0.477 e. The summed E-state index contributed by atoms with van der Waals surface area (Å²) >= 11 is 0. The van der Waals surface area contributed by atoms with Gasteiger partial charge < -0.3 is 15.8 Å². The highest BCUT2D eigenvalue weighted by atomic mass is 16.4. The molecule has 2 heterocycles. The zero-order valence-electron chi connectivity index (χ0n) is 7.32. The molecule has 0 spiro atoms. The first-order chi connectivity index (χ1) is 6.70. The highest BCUT2D eigenvalue weighted by molar-refractivity contribution is 5.89. The molecule has 0 unspecified atom stereocenters. The van der Waals surface area contributed by atoms with Crippen LogP contribution in [-0.4, -0.2) is 21.0 Å². The number of hydrogen-bond acceptors (Lipinski definition) is 3. The Morgan fingerprint density at radius 2 is 2.36 bits per heavy atom. The molecule has 2 aromatic heterocycles. The maximum atomic E-state index is 10.6. The molecule has 0 aliphatic carbocycles. The number of carboxylic acids is 1. The van der Waals surface area contributed by atoms with Crippen LogP contribution in [0.1, 0.15) is 16.2 Å². The van der Waals surface area contributed by atoms with Gasteiger partial charge in [-0.2, -0.15) is 0 Å². The van der Waals surface area contributed by atoms with Crippen LogP contribution in [0, 0.1) is 0 Å². The van der Waals surface area contributed by atoms with Gasteiger partial charge in [-0.25, -0.2) is 9.78 Å². The first-order valence-corrected chi connectivity index (χ1v) is 4.12. The van der Waals surface area contributed by atoms with Gasteiger partial charge in [0, 0.05) is 17.6 Å². The average Bonchev–Trinajstić information content (AvgIpc) is 2.58. The molecule has 14 heavy (non-hydrogen) atoms. The highest BCUT2D eigenvalue weighted by Gasteiger charge is 2.06. The Morgan fingerprint density at radius 3 is 3.00 bits per heavy atom. The van der Waals surface area contributed by atoms with Gasteiger partial charge in [-0.05, 0) is 18.2 Å². The number of aromatic carboxylic acids is 1. The minimum absolute atomic E-state index is 0.0305. The van der Waals surface area contributed by atoms with Gasteiger partial charge in [0.2, 0.25) is 0 Å². The van der Waals surface area contributed by atoms with E-state index in [-0.39, 0.29) is 5.69 Å². The molecule has 0 saturated carbocycles. The molecular formula is C9H9N3O2. The van der Waals surface area contributed by atoms with Gasteiger partial charge in [-0.1, -0.05) is 0 Å². The Kier molecular flexibility index (Phi) is 1.94. The molecule has 72 valence electrons. The second-order valence-corrected chi connectivity index (χ2v) is 2.94. The summed E-state index contributed by atoms with van der Waals surface area (Å²) in [6.45, 7) is 0.388. The summed E-state index contributed by atoms with van der Waals surface area (Å²) < 4.78 is 0. The lowest BCUT2D eigenvalue weighted by molar-refractivity contribution is 0.0691. The molecule has 0 aliphatic heterocycles. The van der Waals surface area contributed by atoms with Crippen LogP contribution in [-0.2, 0) is 6.54 Å². The number of aromatic nitrogens is 2. The molecular weight excluding hydrogens is 182 g/mol. The van der Waals surface area contributed by atoms with Crippen molar-refractivity contribution in [2.24, 2.45) is 5.73 Å². The van der Waals surface area contributed by atoms with Crippen molar-refractivity contribution >= 4 is 17.0 Å². The number of carbonyl (C=O) groups is 1. The molecule has 4 N–H and O–H groups in total. The fourth-order valence-corrected chi connectivity index (χ4v) is 1.29. The summed E-state index contributed by atoms with van der Waals surface area (Å²) in [7, 11) is 0. The molecule has 0 aliphatic rings. The zero-order valence-corrected chi connectivity index (χ0v) is 7.32. The van der Waals surface area contributed by atoms with Crippen molar-refractivity contribution in [1.82, 2.24) is 9.97 Å². The van der Waals surface area contributed by atoms with Crippen LogP contribution in [0.25, 0.3) is 11.0 Å². The number of rotatable bonds is 2. The first-order valence-electron chi connectivity index (χ1n) is 4.12. The van der Waals surface area contributed by atoms with Crippen molar-refractivity contribution in [3.63, 3.8) is 0 Å². The topological polar surface area (TPSA) is 92.0 Å². The molecule has 0 amide bonds. The third-order valence-electron chi connectivity index (χ3n) is 1.97. The average molecular weight is 191 g/mol. The molecule has 0 bridgehead atoms. The van der Waals surface area contributed by atoms with E-state index in [9.17, 15) is 4.79 Å². The summed E-state index contributed by atoms with van der Waals surface area (Å²) in [4.78, 5) is 17.5. The van der Waals surface area contributed by atoms with Crippen molar-refractivity contribution in [3.8, 4) is 0 Å².